The number of fused-ring (bicyclic) bond motifs is 1. The van der Waals surface area contributed by atoms with Gasteiger partial charge in [0.05, 0.1) is 6.04 Å². The molecule has 27 heavy (non-hydrogen) atoms. The number of hydrogen-bond acceptors (Lipinski definition) is 2. The van der Waals surface area contributed by atoms with Crippen molar-refractivity contribution < 1.29 is 9.53 Å². The lowest BCUT2D eigenvalue weighted by Gasteiger charge is -2.22. The maximum Gasteiger partial charge on any atom is 0.261 e. The van der Waals surface area contributed by atoms with Crippen molar-refractivity contribution in [2.24, 2.45) is 0 Å². The van der Waals surface area contributed by atoms with E-state index in [0.717, 1.165) is 28.9 Å². The van der Waals surface area contributed by atoms with Gasteiger partial charge in [0.15, 0.2) is 6.10 Å². The lowest BCUT2D eigenvalue weighted by Crippen LogP contribution is -2.38. The van der Waals surface area contributed by atoms with Crippen LogP contribution in [0, 0.1) is 6.92 Å². The van der Waals surface area contributed by atoms with Crippen LogP contribution >= 0.6 is 0 Å². The SMILES string of the molecule is Cc1ccc(C(C)C)c(OC(C)C(=O)NC(C)c2ccc3c(c2)CCC3)c1. The Balaban J connectivity index is 1.66. The maximum atomic E-state index is 12.7. The largest absolute Gasteiger partial charge is 0.481 e. The smallest absolute Gasteiger partial charge is 0.261 e. The molecule has 0 bridgehead atoms. The van der Waals surface area contributed by atoms with Crippen molar-refractivity contribution in [3.05, 3.63) is 64.2 Å². The van der Waals surface area contributed by atoms with Crippen LogP contribution in [0.2, 0.25) is 0 Å². The summed E-state index contributed by atoms with van der Waals surface area (Å²) in [5.74, 6) is 1.07. The molecule has 0 radical (unpaired) electrons. The molecule has 1 N–H and O–H groups in total. The fourth-order valence-corrected chi connectivity index (χ4v) is 3.74. The van der Waals surface area contributed by atoms with Gasteiger partial charge in [-0.05, 0) is 79.8 Å². The summed E-state index contributed by atoms with van der Waals surface area (Å²) in [7, 11) is 0. The molecule has 0 saturated carbocycles. The molecular formula is C24H31NO2. The first-order chi connectivity index (χ1) is 12.8. The van der Waals surface area contributed by atoms with Crippen molar-refractivity contribution in [3.8, 4) is 5.75 Å². The molecule has 0 aliphatic heterocycles. The van der Waals surface area contributed by atoms with Crippen LogP contribution in [-0.2, 0) is 17.6 Å². The summed E-state index contributed by atoms with van der Waals surface area (Å²) in [4.78, 5) is 12.7. The number of benzene rings is 2. The van der Waals surface area contributed by atoms with Gasteiger partial charge in [-0.2, -0.15) is 0 Å². The van der Waals surface area contributed by atoms with E-state index in [1.165, 1.54) is 24.0 Å². The van der Waals surface area contributed by atoms with Gasteiger partial charge in [-0.3, -0.25) is 4.79 Å². The molecule has 1 aliphatic carbocycles. The van der Waals surface area contributed by atoms with Crippen molar-refractivity contribution in [2.45, 2.75) is 71.9 Å². The zero-order valence-electron chi connectivity index (χ0n) is 17.1. The molecule has 1 amide bonds. The predicted octanol–water partition coefficient (Wildman–Crippen LogP) is 5.25. The van der Waals surface area contributed by atoms with E-state index < -0.39 is 6.10 Å². The van der Waals surface area contributed by atoms with E-state index in [1.54, 1.807) is 0 Å². The third kappa shape index (κ3) is 4.52. The molecular weight excluding hydrogens is 334 g/mol. The minimum atomic E-state index is -0.541. The fourth-order valence-electron chi connectivity index (χ4n) is 3.74. The number of aryl methyl sites for hydroxylation is 3. The Bertz CT molecular complexity index is 825. The van der Waals surface area contributed by atoms with Crippen LogP contribution in [0.15, 0.2) is 36.4 Å². The number of carbonyl (C=O) groups is 1. The van der Waals surface area contributed by atoms with Gasteiger partial charge in [0.1, 0.15) is 5.75 Å². The Labute approximate surface area is 163 Å². The highest BCUT2D eigenvalue weighted by Crippen LogP contribution is 2.29. The minimum absolute atomic E-state index is 0.0310. The van der Waals surface area contributed by atoms with Crippen molar-refractivity contribution >= 4 is 5.91 Å². The van der Waals surface area contributed by atoms with Gasteiger partial charge in [-0.25, -0.2) is 0 Å². The van der Waals surface area contributed by atoms with E-state index >= 15 is 0 Å². The molecule has 2 aromatic carbocycles. The third-order valence-electron chi connectivity index (χ3n) is 5.45. The second-order valence-corrected chi connectivity index (χ2v) is 8.07. The van der Waals surface area contributed by atoms with Crippen LogP contribution in [0.1, 0.15) is 73.9 Å². The zero-order chi connectivity index (χ0) is 19.6. The molecule has 1 aliphatic rings. The molecule has 0 heterocycles. The third-order valence-corrected chi connectivity index (χ3v) is 5.45. The molecule has 0 fully saturated rings. The summed E-state index contributed by atoms with van der Waals surface area (Å²) >= 11 is 0. The Morgan fingerprint density at radius 1 is 1.00 bits per heavy atom. The number of nitrogens with one attached hydrogen (secondary N) is 1. The predicted molar refractivity (Wildman–Crippen MR) is 110 cm³/mol. The lowest BCUT2D eigenvalue weighted by atomic mass is 10.0. The van der Waals surface area contributed by atoms with Crippen LogP contribution in [0.25, 0.3) is 0 Å². The van der Waals surface area contributed by atoms with Crippen LogP contribution in [-0.4, -0.2) is 12.0 Å². The van der Waals surface area contributed by atoms with Crippen LogP contribution < -0.4 is 10.1 Å². The number of hydrogen-bond donors (Lipinski definition) is 1. The van der Waals surface area contributed by atoms with Gasteiger partial charge in [-0.1, -0.05) is 44.2 Å². The normalized spacial score (nSPS) is 15.3. The summed E-state index contributed by atoms with van der Waals surface area (Å²) in [5, 5.41) is 3.11. The van der Waals surface area contributed by atoms with Crippen LogP contribution in [0.4, 0.5) is 0 Å². The van der Waals surface area contributed by atoms with Crippen molar-refractivity contribution in [2.75, 3.05) is 0 Å². The molecule has 0 saturated heterocycles. The Morgan fingerprint density at radius 2 is 1.74 bits per heavy atom. The molecule has 0 aromatic heterocycles. The molecule has 3 heteroatoms. The first kappa shape index (κ1) is 19.5. The number of carbonyl (C=O) groups excluding carboxylic acids is 1. The van der Waals surface area contributed by atoms with Gasteiger partial charge in [-0.15, -0.1) is 0 Å². The van der Waals surface area contributed by atoms with Gasteiger partial charge in [0, 0.05) is 0 Å². The molecule has 0 spiro atoms. The van der Waals surface area contributed by atoms with Crippen molar-refractivity contribution in [3.63, 3.8) is 0 Å². The highest BCUT2D eigenvalue weighted by atomic mass is 16.5. The Hall–Kier alpha value is -2.29. The average molecular weight is 366 g/mol. The second-order valence-electron chi connectivity index (χ2n) is 8.07. The summed E-state index contributed by atoms with van der Waals surface area (Å²) in [6, 6.07) is 12.8. The molecule has 2 unspecified atom stereocenters. The standard InChI is InChI=1S/C24H31NO2/c1-15(2)22-12-9-16(3)13-23(22)27-18(5)24(26)25-17(4)20-11-10-19-7-6-8-21(19)14-20/h9-15,17-18H,6-8H2,1-5H3,(H,25,26). The van der Waals surface area contributed by atoms with Crippen molar-refractivity contribution in [1.82, 2.24) is 5.32 Å². The highest BCUT2D eigenvalue weighted by molar-refractivity contribution is 5.81. The second kappa shape index (κ2) is 8.16. The molecule has 3 rings (SSSR count). The van der Waals surface area contributed by atoms with Crippen LogP contribution in [0.3, 0.4) is 0 Å². The quantitative estimate of drug-likeness (QED) is 0.759. The van der Waals surface area contributed by atoms with E-state index in [-0.39, 0.29) is 11.9 Å². The topological polar surface area (TPSA) is 38.3 Å². The molecule has 2 atom stereocenters. The highest BCUT2D eigenvalue weighted by Gasteiger charge is 2.21. The maximum absolute atomic E-state index is 12.7. The van der Waals surface area contributed by atoms with Gasteiger partial charge in [0.2, 0.25) is 0 Å². The van der Waals surface area contributed by atoms with E-state index in [4.69, 9.17) is 4.74 Å². The van der Waals surface area contributed by atoms with E-state index in [1.807, 2.05) is 26.8 Å². The first-order valence-electron chi connectivity index (χ1n) is 10.0. The lowest BCUT2D eigenvalue weighted by molar-refractivity contribution is -0.127. The molecule has 144 valence electrons. The van der Waals surface area contributed by atoms with E-state index in [2.05, 4.69) is 49.5 Å². The fraction of sp³-hybridized carbons (Fsp3) is 0.458. The van der Waals surface area contributed by atoms with Gasteiger partial charge >= 0.3 is 0 Å². The summed E-state index contributed by atoms with van der Waals surface area (Å²) in [6.07, 6.45) is 3.02. The molecule has 3 nitrogen and oxygen atoms in total. The Morgan fingerprint density at radius 3 is 2.48 bits per heavy atom. The van der Waals surface area contributed by atoms with Crippen LogP contribution in [0.5, 0.6) is 5.75 Å². The summed E-state index contributed by atoms with van der Waals surface area (Å²) in [6.45, 7) is 10.2. The van der Waals surface area contributed by atoms with Gasteiger partial charge < -0.3 is 10.1 Å². The number of amides is 1. The summed E-state index contributed by atoms with van der Waals surface area (Å²) in [5.41, 5.74) is 6.31. The minimum Gasteiger partial charge on any atom is -0.481 e. The average Bonchev–Trinajstić information content (AvgIpc) is 3.09. The zero-order valence-corrected chi connectivity index (χ0v) is 17.1. The monoisotopic (exact) mass is 365 g/mol. The van der Waals surface area contributed by atoms with E-state index in [0.29, 0.717) is 5.92 Å². The first-order valence-corrected chi connectivity index (χ1v) is 10.0. The Kier molecular flexibility index (Phi) is 5.88. The van der Waals surface area contributed by atoms with Gasteiger partial charge in [0.25, 0.3) is 5.91 Å². The summed E-state index contributed by atoms with van der Waals surface area (Å²) < 4.78 is 6.05. The van der Waals surface area contributed by atoms with E-state index in [9.17, 15) is 4.79 Å². The van der Waals surface area contributed by atoms with Crippen molar-refractivity contribution in [1.29, 1.82) is 0 Å². The number of ether oxygens (including phenoxy) is 1. The number of rotatable bonds is 6. The molecule has 2 aromatic rings.